The number of anilines is 1. The zero-order valence-electron chi connectivity index (χ0n) is 9.97. The highest BCUT2D eigenvalue weighted by atomic mass is 127. The van der Waals surface area contributed by atoms with Crippen molar-refractivity contribution in [2.24, 2.45) is 0 Å². The third-order valence-corrected chi connectivity index (χ3v) is 4.23. The summed E-state index contributed by atoms with van der Waals surface area (Å²) in [5.41, 5.74) is 7.05. The first-order valence-electron chi connectivity index (χ1n) is 5.58. The number of benzene rings is 2. The Balaban J connectivity index is 2.15. The maximum atomic E-state index is 10.7. The van der Waals surface area contributed by atoms with E-state index in [2.05, 4.69) is 22.6 Å². The first-order valence-corrected chi connectivity index (χ1v) is 7.48. The first-order chi connectivity index (χ1) is 9.04. The van der Waals surface area contributed by atoms with Crippen LogP contribution in [0.4, 0.5) is 5.69 Å². The molecule has 0 spiro atoms. The van der Waals surface area contributed by atoms with Crippen molar-refractivity contribution in [1.82, 2.24) is 0 Å². The van der Waals surface area contributed by atoms with Crippen molar-refractivity contribution in [1.29, 1.82) is 0 Å². The SMILES string of the molecule is Nc1cc(Sc2ccc(I)cc2)ccc1CC(=O)O. The number of rotatable bonds is 4. The quantitative estimate of drug-likeness (QED) is 0.623. The minimum atomic E-state index is -0.871. The van der Waals surface area contributed by atoms with E-state index in [1.165, 1.54) is 3.57 Å². The summed E-state index contributed by atoms with van der Waals surface area (Å²) in [6.45, 7) is 0. The van der Waals surface area contributed by atoms with E-state index in [1.807, 2.05) is 36.4 Å². The van der Waals surface area contributed by atoms with Crippen molar-refractivity contribution in [2.45, 2.75) is 16.2 Å². The zero-order valence-corrected chi connectivity index (χ0v) is 12.9. The van der Waals surface area contributed by atoms with Crippen LogP contribution in [0, 0.1) is 3.57 Å². The van der Waals surface area contributed by atoms with Crippen LogP contribution in [-0.2, 0) is 11.2 Å². The summed E-state index contributed by atoms with van der Waals surface area (Å²) in [5.74, 6) is -0.871. The summed E-state index contributed by atoms with van der Waals surface area (Å²) in [5, 5.41) is 8.76. The summed E-state index contributed by atoms with van der Waals surface area (Å²) in [7, 11) is 0. The van der Waals surface area contributed by atoms with Crippen molar-refractivity contribution < 1.29 is 9.90 Å². The standard InChI is InChI=1S/C14H12INO2S/c15-10-2-5-11(6-3-10)19-12-4-1-9(7-14(17)18)13(16)8-12/h1-6,8H,7,16H2,(H,17,18). The van der Waals surface area contributed by atoms with E-state index < -0.39 is 5.97 Å². The number of carboxylic acid groups (broad SMARTS) is 1. The average Bonchev–Trinajstić information content (AvgIpc) is 2.35. The van der Waals surface area contributed by atoms with E-state index in [4.69, 9.17) is 10.8 Å². The summed E-state index contributed by atoms with van der Waals surface area (Å²) in [4.78, 5) is 12.8. The molecule has 0 saturated heterocycles. The highest BCUT2D eigenvalue weighted by Gasteiger charge is 2.06. The molecule has 0 aliphatic carbocycles. The summed E-state index contributed by atoms with van der Waals surface area (Å²) >= 11 is 3.87. The minimum Gasteiger partial charge on any atom is -0.481 e. The second-order valence-corrected chi connectivity index (χ2v) is 6.38. The van der Waals surface area contributed by atoms with Gasteiger partial charge in [0.25, 0.3) is 0 Å². The monoisotopic (exact) mass is 385 g/mol. The van der Waals surface area contributed by atoms with Crippen LogP contribution in [0.5, 0.6) is 0 Å². The normalized spacial score (nSPS) is 10.4. The van der Waals surface area contributed by atoms with Gasteiger partial charge in [-0.2, -0.15) is 0 Å². The second kappa shape index (κ2) is 6.29. The van der Waals surface area contributed by atoms with E-state index >= 15 is 0 Å². The Morgan fingerprint density at radius 1 is 1.16 bits per heavy atom. The zero-order chi connectivity index (χ0) is 13.8. The van der Waals surface area contributed by atoms with Crippen LogP contribution < -0.4 is 5.73 Å². The van der Waals surface area contributed by atoms with E-state index in [0.717, 1.165) is 9.79 Å². The van der Waals surface area contributed by atoms with Crippen molar-refractivity contribution in [2.75, 3.05) is 5.73 Å². The van der Waals surface area contributed by atoms with Gasteiger partial charge in [-0.3, -0.25) is 4.79 Å². The van der Waals surface area contributed by atoms with Crippen LogP contribution in [0.25, 0.3) is 0 Å². The van der Waals surface area contributed by atoms with Gasteiger partial charge >= 0.3 is 5.97 Å². The Morgan fingerprint density at radius 2 is 1.79 bits per heavy atom. The lowest BCUT2D eigenvalue weighted by molar-refractivity contribution is -0.136. The minimum absolute atomic E-state index is 0.0414. The number of hydrogen-bond donors (Lipinski definition) is 2. The Kier molecular flexibility index (Phi) is 4.71. The van der Waals surface area contributed by atoms with Gasteiger partial charge in [0.1, 0.15) is 0 Å². The van der Waals surface area contributed by atoms with Gasteiger partial charge in [0, 0.05) is 19.0 Å². The lowest BCUT2D eigenvalue weighted by atomic mass is 10.1. The van der Waals surface area contributed by atoms with Crippen LogP contribution in [-0.4, -0.2) is 11.1 Å². The Hall–Kier alpha value is -1.21. The fourth-order valence-electron chi connectivity index (χ4n) is 1.60. The number of nitrogens with two attached hydrogens (primary N) is 1. The molecular formula is C14H12INO2S. The fourth-order valence-corrected chi connectivity index (χ4v) is 2.83. The van der Waals surface area contributed by atoms with Gasteiger partial charge in [-0.05, 0) is 64.6 Å². The van der Waals surface area contributed by atoms with Crippen LogP contribution in [0.1, 0.15) is 5.56 Å². The molecular weight excluding hydrogens is 373 g/mol. The number of nitrogen functional groups attached to an aromatic ring is 1. The highest BCUT2D eigenvalue weighted by Crippen LogP contribution is 2.30. The molecule has 0 saturated carbocycles. The lowest BCUT2D eigenvalue weighted by Crippen LogP contribution is -2.03. The van der Waals surface area contributed by atoms with Gasteiger partial charge in [-0.1, -0.05) is 17.8 Å². The predicted octanol–water partition coefficient (Wildman–Crippen LogP) is 3.65. The molecule has 0 bridgehead atoms. The number of halogens is 1. The number of hydrogen-bond acceptors (Lipinski definition) is 3. The molecule has 0 heterocycles. The summed E-state index contributed by atoms with van der Waals surface area (Å²) in [6.07, 6.45) is -0.0414. The van der Waals surface area contributed by atoms with Crippen LogP contribution >= 0.6 is 34.4 Å². The van der Waals surface area contributed by atoms with Crippen LogP contribution in [0.2, 0.25) is 0 Å². The molecule has 2 aromatic rings. The second-order valence-electron chi connectivity index (χ2n) is 3.99. The van der Waals surface area contributed by atoms with Gasteiger partial charge in [0.2, 0.25) is 0 Å². The van der Waals surface area contributed by atoms with Crippen molar-refractivity contribution in [3.05, 3.63) is 51.6 Å². The molecule has 5 heteroatoms. The molecule has 98 valence electrons. The molecule has 0 atom stereocenters. The van der Waals surface area contributed by atoms with Crippen molar-refractivity contribution in [3.63, 3.8) is 0 Å². The lowest BCUT2D eigenvalue weighted by Gasteiger charge is -2.07. The molecule has 0 aromatic heterocycles. The molecule has 0 aliphatic rings. The molecule has 0 aliphatic heterocycles. The molecule has 19 heavy (non-hydrogen) atoms. The predicted molar refractivity (Wildman–Crippen MR) is 85.5 cm³/mol. The summed E-state index contributed by atoms with van der Waals surface area (Å²) < 4.78 is 1.19. The van der Waals surface area contributed by atoms with Crippen LogP contribution in [0.3, 0.4) is 0 Å². The maximum absolute atomic E-state index is 10.7. The van der Waals surface area contributed by atoms with Crippen molar-refractivity contribution in [3.8, 4) is 0 Å². The highest BCUT2D eigenvalue weighted by molar-refractivity contribution is 14.1. The topological polar surface area (TPSA) is 63.3 Å². The van der Waals surface area contributed by atoms with Gasteiger partial charge in [0.15, 0.2) is 0 Å². The molecule has 0 amide bonds. The van der Waals surface area contributed by atoms with E-state index in [-0.39, 0.29) is 6.42 Å². The molecule has 2 aromatic carbocycles. The number of aliphatic carboxylic acids is 1. The van der Waals surface area contributed by atoms with Crippen molar-refractivity contribution >= 4 is 46.0 Å². The molecule has 0 fully saturated rings. The fraction of sp³-hybridized carbons (Fsp3) is 0.0714. The van der Waals surface area contributed by atoms with Gasteiger partial charge in [-0.25, -0.2) is 0 Å². The van der Waals surface area contributed by atoms with E-state index in [9.17, 15) is 4.79 Å². The third-order valence-electron chi connectivity index (χ3n) is 2.51. The van der Waals surface area contributed by atoms with Gasteiger partial charge in [-0.15, -0.1) is 0 Å². The van der Waals surface area contributed by atoms with Crippen LogP contribution in [0.15, 0.2) is 52.3 Å². The smallest absolute Gasteiger partial charge is 0.307 e. The van der Waals surface area contributed by atoms with E-state index in [1.54, 1.807) is 17.8 Å². The largest absolute Gasteiger partial charge is 0.481 e. The molecule has 3 nitrogen and oxygen atoms in total. The average molecular weight is 385 g/mol. The third kappa shape index (κ3) is 4.14. The van der Waals surface area contributed by atoms with E-state index in [0.29, 0.717) is 11.3 Å². The Bertz CT molecular complexity index is 599. The van der Waals surface area contributed by atoms with Gasteiger partial charge in [0.05, 0.1) is 6.42 Å². The molecule has 0 radical (unpaired) electrons. The maximum Gasteiger partial charge on any atom is 0.307 e. The Morgan fingerprint density at radius 3 is 2.37 bits per heavy atom. The molecule has 0 unspecified atom stereocenters. The molecule has 3 N–H and O–H groups in total. The van der Waals surface area contributed by atoms with Gasteiger partial charge < -0.3 is 10.8 Å². The first kappa shape index (κ1) is 14.2. The number of carbonyl (C=O) groups is 1. The molecule has 2 rings (SSSR count). The Labute approximate surface area is 129 Å². The summed E-state index contributed by atoms with van der Waals surface area (Å²) in [6, 6.07) is 13.7. The number of carboxylic acids is 1.